The average Bonchev–Trinajstić information content (AvgIpc) is 1.50. The van der Waals surface area contributed by atoms with Crippen molar-refractivity contribution in [2.45, 2.75) is 13.8 Å². The molecular weight excluding hydrogens is 221 g/mol. The summed E-state index contributed by atoms with van der Waals surface area (Å²) in [7, 11) is 0. The molecule has 0 aliphatic heterocycles. The molecule has 0 aliphatic rings. The van der Waals surface area contributed by atoms with Crippen molar-refractivity contribution in [3.8, 4) is 0 Å². The van der Waals surface area contributed by atoms with Crippen LogP contribution in [0.2, 0.25) is 0 Å². The van der Waals surface area contributed by atoms with E-state index in [0.717, 1.165) is 0 Å². The maximum absolute atomic E-state index is 3.25. The monoisotopic (exact) mass is 232 g/mol. The smallest absolute Gasteiger partial charge is 0.346 e. The van der Waals surface area contributed by atoms with Crippen LogP contribution in [0.5, 0.6) is 0 Å². The van der Waals surface area contributed by atoms with Crippen molar-refractivity contribution in [1.82, 2.24) is 0 Å². The summed E-state index contributed by atoms with van der Waals surface area (Å²) in [5.41, 5.74) is 0. The van der Waals surface area contributed by atoms with E-state index in [4.69, 9.17) is 0 Å². The maximum Gasteiger partial charge on any atom is 2.00 e. The van der Waals surface area contributed by atoms with Gasteiger partial charge in [-0.1, -0.05) is 0 Å². The Balaban J connectivity index is -0.0000000133. The first-order valence-corrected chi connectivity index (χ1v) is 1.41. The normalized spacial score (nSPS) is 2.40. The third-order valence-electron chi connectivity index (χ3n) is 0. The molecule has 0 spiro atoms. The molecule has 0 N–H and O–H groups in total. The fourth-order valence-corrected chi connectivity index (χ4v) is 0. The van der Waals surface area contributed by atoms with Crippen molar-refractivity contribution in [1.29, 1.82) is 0 Å². The second-order valence-corrected chi connectivity index (χ2v) is 0. The molecule has 0 aromatic carbocycles. The average molecular weight is 231 g/mol. The summed E-state index contributed by atoms with van der Waals surface area (Å²) in [6.45, 7) is 10.0. The van der Waals surface area contributed by atoms with Crippen molar-refractivity contribution >= 4 is 0 Å². The van der Waals surface area contributed by atoms with Crippen LogP contribution in [0, 0.1) is 60.8 Å². The summed E-state index contributed by atoms with van der Waals surface area (Å²) in [4.78, 5) is 0. The minimum atomic E-state index is 0. The first-order valence-electron chi connectivity index (χ1n) is 1.41. The van der Waals surface area contributed by atoms with Crippen LogP contribution in [0.1, 0.15) is 13.8 Å². The minimum Gasteiger partial charge on any atom is -0.346 e. The quantitative estimate of drug-likeness (QED) is 0.556. The Morgan fingerprint density at radius 1 is 0.800 bits per heavy atom. The largest absolute Gasteiger partial charge is 2.00 e. The second kappa shape index (κ2) is 48.8. The summed E-state index contributed by atoms with van der Waals surface area (Å²) < 4.78 is 0. The van der Waals surface area contributed by atoms with E-state index in [0.29, 0.717) is 0 Å². The molecule has 5 heavy (non-hydrogen) atoms. The topological polar surface area (TPSA) is 0 Å². The molecule has 0 nitrogen and oxygen atoms in total. The molecule has 0 atom stereocenters. The van der Waals surface area contributed by atoms with E-state index >= 15 is 0 Å². The first kappa shape index (κ1) is 16.0. The second-order valence-electron chi connectivity index (χ2n) is 0. The van der Waals surface area contributed by atoms with Gasteiger partial charge in [-0.15, -0.1) is 0 Å². The standard InChI is InChI=1S/2C2H5.Yb/c2*1-2;/h2*1H2,2H3;/q2*-1;+2. The zero-order valence-electron chi connectivity index (χ0n) is 3.68. The molecule has 0 heterocycles. The zero-order chi connectivity index (χ0) is 4.00. The van der Waals surface area contributed by atoms with Crippen molar-refractivity contribution in [2.75, 3.05) is 0 Å². The molecule has 0 unspecified atom stereocenters. The van der Waals surface area contributed by atoms with E-state index in [1.54, 1.807) is 13.8 Å². The Labute approximate surface area is 73.6 Å². The van der Waals surface area contributed by atoms with E-state index in [-0.39, 0.29) is 46.9 Å². The van der Waals surface area contributed by atoms with Gasteiger partial charge in [-0.2, -0.15) is 13.8 Å². The van der Waals surface area contributed by atoms with E-state index in [1.807, 2.05) is 0 Å². The molecule has 0 aliphatic carbocycles. The van der Waals surface area contributed by atoms with Gasteiger partial charge < -0.3 is 13.8 Å². The zero-order valence-corrected chi connectivity index (χ0v) is 5.40. The van der Waals surface area contributed by atoms with Gasteiger partial charge in [0.1, 0.15) is 0 Å². The van der Waals surface area contributed by atoms with E-state index in [1.165, 1.54) is 0 Å². The third kappa shape index (κ3) is 29.6. The Bertz CT molecular complexity index is 3.61. The van der Waals surface area contributed by atoms with E-state index < -0.39 is 0 Å². The molecule has 0 radical (unpaired) electrons. The molecule has 1 heteroatoms. The van der Waals surface area contributed by atoms with Gasteiger partial charge in [-0.25, -0.2) is 0 Å². The number of hydrogen-bond donors (Lipinski definition) is 0. The SMILES string of the molecule is [CH2-]C.[CH2-]C.[Yb+2]. The maximum atomic E-state index is 3.25. The fraction of sp³-hybridized carbons (Fsp3) is 0.500. The van der Waals surface area contributed by atoms with Gasteiger partial charge in [0.25, 0.3) is 0 Å². The van der Waals surface area contributed by atoms with Gasteiger partial charge >= 0.3 is 46.9 Å². The summed E-state index contributed by atoms with van der Waals surface area (Å²) in [6.07, 6.45) is 0. The molecule has 0 saturated carbocycles. The van der Waals surface area contributed by atoms with Crippen LogP contribution in [0.3, 0.4) is 0 Å². The molecule has 40 valence electrons. The van der Waals surface area contributed by atoms with Crippen molar-refractivity contribution < 1.29 is 46.9 Å². The predicted molar refractivity (Wildman–Crippen MR) is 22.1 cm³/mol. The Morgan fingerprint density at radius 2 is 0.800 bits per heavy atom. The van der Waals surface area contributed by atoms with Gasteiger partial charge in [0.2, 0.25) is 0 Å². The van der Waals surface area contributed by atoms with Crippen molar-refractivity contribution in [3.05, 3.63) is 13.8 Å². The molecule has 0 aromatic rings. The summed E-state index contributed by atoms with van der Waals surface area (Å²) in [5, 5.41) is 0. The predicted octanol–water partition coefficient (Wildman–Crippen LogP) is 1.68. The van der Waals surface area contributed by atoms with Crippen molar-refractivity contribution in [3.63, 3.8) is 0 Å². The van der Waals surface area contributed by atoms with Gasteiger partial charge in [0.05, 0.1) is 0 Å². The molecule has 0 fully saturated rings. The Hall–Kier alpha value is 1.52. The molecule has 0 saturated heterocycles. The molecule has 0 aromatic heterocycles. The van der Waals surface area contributed by atoms with Gasteiger partial charge in [-0.05, 0) is 0 Å². The van der Waals surface area contributed by atoms with Gasteiger partial charge in [0, 0.05) is 0 Å². The van der Waals surface area contributed by atoms with Gasteiger partial charge in [-0.3, -0.25) is 0 Å². The summed E-state index contributed by atoms with van der Waals surface area (Å²) >= 11 is 0. The number of hydrogen-bond acceptors (Lipinski definition) is 0. The van der Waals surface area contributed by atoms with Crippen LogP contribution in [0.15, 0.2) is 0 Å². The third-order valence-corrected chi connectivity index (χ3v) is 0. The molecule has 0 rings (SSSR count). The van der Waals surface area contributed by atoms with Crippen molar-refractivity contribution in [2.24, 2.45) is 0 Å². The molecular formula is C4H10Yb. The molecule has 0 bridgehead atoms. The number of rotatable bonds is 0. The fourth-order valence-electron chi connectivity index (χ4n) is 0. The van der Waals surface area contributed by atoms with Crippen LogP contribution in [0.4, 0.5) is 0 Å². The summed E-state index contributed by atoms with van der Waals surface area (Å²) in [5.74, 6) is 0. The summed E-state index contributed by atoms with van der Waals surface area (Å²) in [6, 6.07) is 0. The Morgan fingerprint density at radius 3 is 0.800 bits per heavy atom. The van der Waals surface area contributed by atoms with Crippen LogP contribution >= 0.6 is 0 Å². The van der Waals surface area contributed by atoms with Crippen LogP contribution in [-0.4, -0.2) is 0 Å². The van der Waals surface area contributed by atoms with Crippen LogP contribution < -0.4 is 0 Å². The first-order chi connectivity index (χ1) is 2.00. The van der Waals surface area contributed by atoms with E-state index in [2.05, 4.69) is 13.8 Å². The van der Waals surface area contributed by atoms with Crippen LogP contribution in [-0.2, 0) is 0 Å². The molecule has 0 amide bonds. The minimum absolute atomic E-state index is 0. The Kier molecular flexibility index (Phi) is 157. The van der Waals surface area contributed by atoms with Gasteiger partial charge in [0.15, 0.2) is 0 Å². The van der Waals surface area contributed by atoms with Crippen LogP contribution in [0.25, 0.3) is 0 Å². The van der Waals surface area contributed by atoms with E-state index in [9.17, 15) is 0 Å².